The second kappa shape index (κ2) is 4.92. The van der Waals surface area contributed by atoms with Gasteiger partial charge in [0.05, 0.1) is 6.04 Å². The maximum atomic E-state index is 4.34. The average molecular weight is 294 g/mol. The summed E-state index contributed by atoms with van der Waals surface area (Å²) in [7, 11) is 2.01. The van der Waals surface area contributed by atoms with Crippen LogP contribution in [0, 0.1) is 6.92 Å². The number of nitrogens with zero attached hydrogens (tertiary/aromatic N) is 2. The third-order valence-electron chi connectivity index (χ3n) is 2.80. The number of benzene rings is 1. The third kappa shape index (κ3) is 2.69. The molecule has 0 amide bonds. The molecule has 0 radical (unpaired) electrons. The molecule has 0 saturated carbocycles. The topological polar surface area (TPSA) is 29.9 Å². The lowest BCUT2D eigenvalue weighted by Gasteiger charge is -2.15. The molecule has 1 N–H and O–H groups in total. The van der Waals surface area contributed by atoms with Gasteiger partial charge < -0.3 is 9.88 Å². The number of aromatic nitrogens is 2. The molecule has 0 spiro atoms. The summed E-state index contributed by atoms with van der Waals surface area (Å²) in [4.78, 5) is 4.34. The molecule has 3 nitrogen and oxygen atoms in total. The van der Waals surface area contributed by atoms with Gasteiger partial charge in [-0.1, -0.05) is 22.0 Å². The molecule has 17 heavy (non-hydrogen) atoms. The maximum absolute atomic E-state index is 4.34. The van der Waals surface area contributed by atoms with Crippen LogP contribution in [0.1, 0.15) is 24.4 Å². The fourth-order valence-corrected chi connectivity index (χ4v) is 2.17. The molecule has 0 aliphatic rings. The first-order valence-corrected chi connectivity index (χ1v) is 6.37. The number of hydrogen-bond donors (Lipinski definition) is 1. The minimum Gasteiger partial charge on any atom is -0.375 e. The monoisotopic (exact) mass is 293 g/mol. The smallest absolute Gasteiger partial charge is 0.130 e. The van der Waals surface area contributed by atoms with Gasteiger partial charge in [-0.3, -0.25) is 0 Å². The normalized spacial score (nSPS) is 12.5. The molecule has 1 aromatic carbocycles. The average Bonchev–Trinajstić information content (AvgIpc) is 2.70. The van der Waals surface area contributed by atoms with Gasteiger partial charge in [-0.05, 0) is 31.5 Å². The van der Waals surface area contributed by atoms with Crippen molar-refractivity contribution < 1.29 is 0 Å². The SMILES string of the molecule is Cc1ccc(NC(C)c2nccn2C)cc1Br. The Hall–Kier alpha value is -1.29. The van der Waals surface area contributed by atoms with Gasteiger partial charge in [-0.25, -0.2) is 4.98 Å². The van der Waals surface area contributed by atoms with Crippen LogP contribution in [0.4, 0.5) is 5.69 Å². The van der Waals surface area contributed by atoms with Crippen molar-refractivity contribution in [2.75, 3.05) is 5.32 Å². The van der Waals surface area contributed by atoms with E-state index in [1.807, 2.05) is 24.0 Å². The van der Waals surface area contributed by atoms with Gasteiger partial charge in [0.1, 0.15) is 5.82 Å². The number of hydrogen-bond acceptors (Lipinski definition) is 2. The highest BCUT2D eigenvalue weighted by Crippen LogP contribution is 2.23. The van der Waals surface area contributed by atoms with Crippen molar-refractivity contribution in [2.24, 2.45) is 7.05 Å². The third-order valence-corrected chi connectivity index (χ3v) is 3.66. The standard InChI is InChI=1S/C13H16BrN3/c1-9-4-5-11(8-12(9)14)16-10(2)13-15-6-7-17(13)3/h4-8,10,16H,1-3H3. The van der Waals surface area contributed by atoms with E-state index < -0.39 is 0 Å². The first-order valence-electron chi connectivity index (χ1n) is 5.58. The summed E-state index contributed by atoms with van der Waals surface area (Å²) in [5.41, 5.74) is 2.33. The Morgan fingerprint density at radius 2 is 2.18 bits per heavy atom. The maximum Gasteiger partial charge on any atom is 0.130 e. The lowest BCUT2D eigenvalue weighted by atomic mass is 10.2. The number of aryl methyl sites for hydroxylation is 2. The number of nitrogens with one attached hydrogen (secondary N) is 1. The van der Waals surface area contributed by atoms with E-state index in [-0.39, 0.29) is 6.04 Å². The van der Waals surface area contributed by atoms with Gasteiger partial charge in [-0.15, -0.1) is 0 Å². The highest BCUT2D eigenvalue weighted by molar-refractivity contribution is 9.10. The van der Waals surface area contributed by atoms with Crippen LogP contribution in [0.15, 0.2) is 35.1 Å². The first-order chi connectivity index (χ1) is 8.08. The van der Waals surface area contributed by atoms with Crippen molar-refractivity contribution in [2.45, 2.75) is 19.9 Å². The minimum atomic E-state index is 0.185. The van der Waals surface area contributed by atoms with Crippen molar-refractivity contribution in [3.8, 4) is 0 Å². The predicted molar refractivity (Wildman–Crippen MR) is 74.1 cm³/mol. The zero-order chi connectivity index (χ0) is 12.4. The van der Waals surface area contributed by atoms with Crippen molar-refractivity contribution in [1.82, 2.24) is 9.55 Å². The summed E-state index contributed by atoms with van der Waals surface area (Å²) in [6, 6.07) is 6.45. The Bertz CT molecular complexity index is 519. The van der Waals surface area contributed by atoms with Gasteiger partial charge in [-0.2, -0.15) is 0 Å². The van der Waals surface area contributed by atoms with Crippen LogP contribution in [0.2, 0.25) is 0 Å². The van der Waals surface area contributed by atoms with Crippen molar-refractivity contribution in [3.63, 3.8) is 0 Å². The first kappa shape index (κ1) is 12.2. The molecule has 1 heterocycles. The van der Waals surface area contributed by atoms with Crippen molar-refractivity contribution >= 4 is 21.6 Å². The van der Waals surface area contributed by atoms with Crippen LogP contribution < -0.4 is 5.32 Å². The summed E-state index contributed by atoms with van der Waals surface area (Å²) >= 11 is 3.54. The molecule has 2 rings (SSSR count). The Morgan fingerprint density at radius 1 is 1.41 bits per heavy atom. The van der Waals surface area contributed by atoms with E-state index in [4.69, 9.17) is 0 Å². The molecule has 0 aliphatic carbocycles. The molecule has 4 heteroatoms. The highest BCUT2D eigenvalue weighted by atomic mass is 79.9. The Balaban J connectivity index is 2.16. The number of rotatable bonds is 3. The Morgan fingerprint density at radius 3 is 2.76 bits per heavy atom. The van der Waals surface area contributed by atoms with E-state index in [2.05, 4.69) is 58.3 Å². The second-order valence-electron chi connectivity index (χ2n) is 4.23. The van der Waals surface area contributed by atoms with Crippen molar-refractivity contribution in [3.05, 3.63) is 46.5 Å². The van der Waals surface area contributed by atoms with E-state index >= 15 is 0 Å². The van der Waals surface area contributed by atoms with Crippen LogP contribution in [0.5, 0.6) is 0 Å². The van der Waals surface area contributed by atoms with Crippen LogP contribution in [-0.2, 0) is 7.05 Å². The zero-order valence-electron chi connectivity index (χ0n) is 10.2. The van der Waals surface area contributed by atoms with Crippen LogP contribution in [0.3, 0.4) is 0 Å². The van der Waals surface area contributed by atoms with Gasteiger partial charge in [0, 0.05) is 29.6 Å². The quantitative estimate of drug-likeness (QED) is 0.936. The van der Waals surface area contributed by atoms with Gasteiger partial charge >= 0.3 is 0 Å². The predicted octanol–water partition coefficient (Wildman–Crippen LogP) is 3.66. The van der Waals surface area contributed by atoms with E-state index in [1.165, 1.54) is 5.56 Å². The van der Waals surface area contributed by atoms with E-state index in [0.29, 0.717) is 0 Å². The molecule has 1 aromatic heterocycles. The summed E-state index contributed by atoms with van der Waals surface area (Å²) in [5.74, 6) is 1.03. The van der Waals surface area contributed by atoms with E-state index in [0.717, 1.165) is 16.0 Å². The highest BCUT2D eigenvalue weighted by Gasteiger charge is 2.10. The fourth-order valence-electron chi connectivity index (χ4n) is 1.79. The summed E-state index contributed by atoms with van der Waals surface area (Å²) in [5, 5.41) is 3.44. The fraction of sp³-hybridized carbons (Fsp3) is 0.308. The molecular formula is C13H16BrN3. The minimum absolute atomic E-state index is 0.185. The van der Waals surface area contributed by atoms with Crippen LogP contribution >= 0.6 is 15.9 Å². The summed E-state index contributed by atoms with van der Waals surface area (Å²) in [6.07, 6.45) is 3.77. The molecule has 0 fully saturated rings. The Kier molecular flexibility index (Phi) is 3.52. The van der Waals surface area contributed by atoms with Crippen LogP contribution in [-0.4, -0.2) is 9.55 Å². The largest absolute Gasteiger partial charge is 0.375 e. The second-order valence-corrected chi connectivity index (χ2v) is 5.08. The molecule has 1 unspecified atom stereocenters. The molecule has 0 aliphatic heterocycles. The number of imidazole rings is 1. The van der Waals surface area contributed by atoms with Gasteiger partial charge in [0.25, 0.3) is 0 Å². The van der Waals surface area contributed by atoms with E-state index in [1.54, 1.807) is 0 Å². The Labute approximate surface area is 110 Å². The zero-order valence-corrected chi connectivity index (χ0v) is 11.8. The number of halogens is 1. The van der Waals surface area contributed by atoms with E-state index in [9.17, 15) is 0 Å². The molecule has 0 saturated heterocycles. The number of anilines is 1. The van der Waals surface area contributed by atoms with Crippen LogP contribution in [0.25, 0.3) is 0 Å². The molecule has 0 bridgehead atoms. The summed E-state index contributed by atoms with van der Waals surface area (Å²) in [6.45, 7) is 4.19. The molecule has 90 valence electrons. The van der Waals surface area contributed by atoms with Crippen molar-refractivity contribution in [1.29, 1.82) is 0 Å². The lowest BCUT2D eigenvalue weighted by molar-refractivity contribution is 0.721. The lowest BCUT2D eigenvalue weighted by Crippen LogP contribution is -2.11. The molecule has 1 atom stereocenters. The van der Waals surface area contributed by atoms with Gasteiger partial charge in [0.15, 0.2) is 0 Å². The summed E-state index contributed by atoms with van der Waals surface area (Å²) < 4.78 is 3.15. The van der Waals surface area contributed by atoms with Gasteiger partial charge in [0.2, 0.25) is 0 Å². The molecular weight excluding hydrogens is 278 g/mol. The molecule has 2 aromatic rings.